The van der Waals surface area contributed by atoms with Crippen molar-refractivity contribution in [2.45, 2.75) is 403 Å². The number of aliphatic hydroxyl groups is 26. The number of hydrogen-bond acceptors (Lipinski definition) is 45. The third kappa shape index (κ3) is 18.3. The maximum absolute atomic E-state index is 15.6. The first kappa shape index (κ1) is 101. The number of allylic oxidation sites excluding steroid dienone is 2. The largest absolute Gasteiger partial charge is 0.432 e. The molecule has 26 N–H and O–H groups in total. The Labute approximate surface area is 737 Å². The van der Waals surface area contributed by atoms with Crippen molar-refractivity contribution in [1.82, 2.24) is 0 Å². The topological polar surface area (TPSA) is 709 Å². The molecule has 13 fully saturated rings. The maximum Gasteiger partial charge on any atom is 0.315 e. The fourth-order valence-corrected chi connectivity index (χ4v) is 23.3. The average molecular weight is 1850 g/mol. The lowest BCUT2D eigenvalue weighted by Crippen LogP contribution is -2.67. The molecule has 9 aliphatic heterocycles. The summed E-state index contributed by atoms with van der Waals surface area (Å²) in [7, 11) is 0. The summed E-state index contributed by atoms with van der Waals surface area (Å²) in [6, 6.07) is 0. The van der Waals surface area contributed by atoms with E-state index < -0.39 is 355 Å². The number of carbonyl (C=O) groups is 1. The van der Waals surface area contributed by atoms with Crippen LogP contribution >= 0.6 is 0 Å². The Morgan fingerprint density at radius 2 is 0.789 bits per heavy atom. The van der Waals surface area contributed by atoms with Gasteiger partial charge in [-0.3, -0.25) is 4.79 Å². The minimum atomic E-state index is -2.12. The van der Waals surface area contributed by atoms with E-state index in [-0.39, 0.29) is 23.9 Å². The minimum Gasteiger partial charge on any atom is -0.432 e. The van der Waals surface area contributed by atoms with Crippen LogP contribution in [0.15, 0.2) is 11.6 Å². The molecule has 128 heavy (non-hydrogen) atoms. The molecule has 0 aromatic rings. The summed E-state index contributed by atoms with van der Waals surface area (Å²) in [6.07, 6.45) is -70.5. The molecule has 45 nitrogen and oxygen atoms in total. The summed E-state index contributed by atoms with van der Waals surface area (Å²) < 4.78 is 107. The SMILES string of the molecule is CC1OC(OC2C(CO)OC(OCC3OC(OC4C(C)OC(OC5C(CO)OC(OCC6OC(OC(=O)C78CCC(C)(C)CC7C7=CCC9C%10(C)CCC(OC%11OCC(OC%12OC(CO)C(O)C(O)C%12O)C(O)C%11OC%11OC(C)C(O)C(O)C%11O)C(C)(CO)C%10CCC9(C)C7(C)CC8)C(O)C(O)C6O)C(O)C5O)C(O)C4O)C(O)C(O)C3O)C(O)C2O)C(O)C(O)C1O. The highest BCUT2D eigenvalue weighted by atomic mass is 16.8. The highest BCUT2D eigenvalue weighted by molar-refractivity contribution is 5.79. The Hall–Kier alpha value is -2.51. The lowest BCUT2D eigenvalue weighted by Gasteiger charge is -2.71. The third-order valence-corrected chi connectivity index (χ3v) is 31.6. The van der Waals surface area contributed by atoms with E-state index >= 15 is 4.79 Å². The lowest BCUT2D eigenvalue weighted by molar-refractivity contribution is -0.381. The summed E-state index contributed by atoms with van der Waals surface area (Å²) in [5.74, 6) is -1.34. The minimum absolute atomic E-state index is 0.00665. The molecule has 0 aromatic carbocycles. The molecule has 0 radical (unpaired) electrons. The van der Waals surface area contributed by atoms with E-state index in [9.17, 15) is 133 Å². The molecule has 53 atom stereocenters. The van der Waals surface area contributed by atoms with Gasteiger partial charge in [-0.15, -0.1) is 0 Å². The van der Waals surface area contributed by atoms with Crippen LogP contribution in [0.4, 0.5) is 0 Å². The van der Waals surface area contributed by atoms with E-state index in [0.29, 0.717) is 64.2 Å². The number of hydrogen-bond donors (Lipinski definition) is 26. The van der Waals surface area contributed by atoms with Crippen LogP contribution in [0.2, 0.25) is 0 Å². The summed E-state index contributed by atoms with van der Waals surface area (Å²) in [5, 5.41) is 286. The predicted octanol–water partition coefficient (Wildman–Crippen LogP) is -10.2. The second-order valence-corrected chi connectivity index (χ2v) is 39.7. The van der Waals surface area contributed by atoms with Crippen molar-refractivity contribution in [2.24, 2.45) is 50.2 Å². The van der Waals surface area contributed by atoms with E-state index in [0.717, 1.165) is 5.57 Å². The fraction of sp³-hybridized carbons (Fsp3) is 0.964. The third-order valence-electron chi connectivity index (χ3n) is 31.6. The van der Waals surface area contributed by atoms with Gasteiger partial charge < -0.3 is 218 Å². The molecule has 738 valence electrons. The van der Waals surface area contributed by atoms with E-state index in [1.165, 1.54) is 20.8 Å². The van der Waals surface area contributed by atoms with Gasteiger partial charge >= 0.3 is 5.97 Å². The predicted molar refractivity (Wildman–Crippen MR) is 417 cm³/mol. The highest BCUT2D eigenvalue weighted by Gasteiger charge is 2.72. The van der Waals surface area contributed by atoms with Gasteiger partial charge in [0.1, 0.15) is 195 Å². The monoisotopic (exact) mass is 1850 g/mol. The Bertz CT molecular complexity index is 3690. The van der Waals surface area contributed by atoms with Crippen LogP contribution in [-0.2, 0) is 90.1 Å². The van der Waals surface area contributed by atoms with Crippen LogP contribution in [0.1, 0.15) is 127 Å². The van der Waals surface area contributed by atoms with Crippen molar-refractivity contribution in [3.8, 4) is 0 Å². The molecular formula is C83H136O45. The molecule has 14 aliphatic rings. The van der Waals surface area contributed by atoms with Crippen molar-refractivity contribution >= 4 is 5.97 Å². The van der Waals surface area contributed by atoms with E-state index in [2.05, 4.69) is 40.7 Å². The smallest absolute Gasteiger partial charge is 0.315 e. The summed E-state index contributed by atoms with van der Waals surface area (Å²) in [4.78, 5) is 15.6. The van der Waals surface area contributed by atoms with Gasteiger partial charge in [0.15, 0.2) is 50.3 Å². The van der Waals surface area contributed by atoms with Gasteiger partial charge in [-0.1, -0.05) is 53.2 Å². The summed E-state index contributed by atoms with van der Waals surface area (Å²) in [6.45, 7) is 12.2. The first-order chi connectivity index (χ1) is 60.2. The first-order valence-corrected chi connectivity index (χ1v) is 44.5. The highest BCUT2D eigenvalue weighted by Crippen LogP contribution is 2.76. The van der Waals surface area contributed by atoms with Crippen LogP contribution in [-0.4, -0.2) is 461 Å². The van der Waals surface area contributed by atoms with Crippen molar-refractivity contribution < 1.29 is 223 Å². The zero-order valence-electron chi connectivity index (χ0n) is 72.7. The van der Waals surface area contributed by atoms with Crippen LogP contribution in [0.25, 0.3) is 0 Å². The first-order valence-electron chi connectivity index (χ1n) is 44.5. The number of carbonyl (C=O) groups excluding carboxylic acids is 1. The van der Waals surface area contributed by atoms with E-state index in [4.69, 9.17) is 85.3 Å². The Balaban J connectivity index is 0.594. The second-order valence-electron chi connectivity index (χ2n) is 39.7. The van der Waals surface area contributed by atoms with Crippen molar-refractivity contribution in [2.75, 3.05) is 46.2 Å². The molecule has 45 heteroatoms. The number of ether oxygens (including phenoxy) is 18. The van der Waals surface area contributed by atoms with Crippen molar-refractivity contribution in [1.29, 1.82) is 0 Å². The molecule has 53 unspecified atom stereocenters. The van der Waals surface area contributed by atoms with Gasteiger partial charge in [0, 0.05) is 5.41 Å². The normalized spacial score (nSPS) is 55.3. The second kappa shape index (κ2) is 39.4. The van der Waals surface area contributed by atoms with E-state index in [1.54, 1.807) is 0 Å². The standard InChI is InChI=1S/C83H136O45/c1-28-42(88)48(94)56(102)70(114-28)125-65-34(22-85)118-68(61(107)54(65)100)111-24-36-45(91)51(97)59(105)74(120-36)124-64-30(3)116-72(63(109)53(64)99)126-66-35(23-86)119-69(62(108)55(66)101)112-25-37-46(92)52(98)60(106)75(121-37)128-77(110)83-18-16-78(4,5)20-32(83)31-10-11-40-79(6)14-13-41(80(7,27-87)39(79)12-15-82(40,9)81(31,8)17-19-83)123-76-67(127-71-57(103)49(95)43(89)29(2)115-71)47(93)38(26-113-76)122-73-58(104)50(96)44(90)33(21-84)117-73/h10,28-30,32-76,84-109H,11-27H2,1-9H3. The summed E-state index contributed by atoms with van der Waals surface area (Å²) in [5.41, 5.74) is -2.81. The Kier molecular flexibility index (Phi) is 31.2. The lowest BCUT2D eigenvalue weighted by atomic mass is 9.33. The Morgan fingerprint density at radius 1 is 0.375 bits per heavy atom. The maximum atomic E-state index is 15.6. The van der Waals surface area contributed by atoms with Crippen LogP contribution < -0.4 is 0 Å². The molecule has 0 spiro atoms. The molecule has 0 amide bonds. The van der Waals surface area contributed by atoms with Gasteiger partial charge in [0.2, 0.25) is 6.29 Å². The quantitative estimate of drug-likeness (QED) is 0.0242. The average Bonchev–Trinajstić information content (AvgIpc) is 0.671. The number of fused-ring (bicyclic) bond motifs is 7. The molecule has 9 saturated heterocycles. The van der Waals surface area contributed by atoms with Crippen LogP contribution in [0.3, 0.4) is 0 Å². The van der Waals surface area contributed by atoms with Gasteiger partial charge in [0.05, 0.1) is 76.1 Å². The molecule has 14 rings (SSSR count). The molecule has 0 bridgehead atoms. The van der Waals surface area contributed by atoms with E-state index in [1.807, 2.05) is 6.92 Å². The fourth-order valence-electron chi connectivity index (χ4n) is 23.3. The van der Waals surface area contributed by atoms with Gasteiger partial charge in [-0.25, -0.2) is 0 Å². The zero-order chi connectivity index (χ0) is 93.3. The van der Waals surface area contributed by atoms with Gasteiger partial charge in [0.25, 0.3) is 0 Å². The van der Waals surface area contributed by atoms with Gasteiger partial charge in [-0.2, -0.15) is 0 Å². The molecule has 0 aromatic heterocycles. The molecular weight excluding hydrogens is 1720 g/mol. The molecule has 4 saturated carbocycles. The molecule has 9 heterocycles. The number of rotatable bonds is 24. The van der Waals surface area contributed by atoms with Crippen molar-refractivity contribution in [3.05, 3.63) is 11.6 Å². The number of esters is 1. The van der Waals surface area contributed by atoms with Crippen LogP contribution in [0, 0.1) is 50.2 Å². The zero-order valence-corrected chi connectivity index (χ0v) is 72.7. The Morgan fingerprint density at radius 3 is 1.30 bits per heavy atom. The summed E-state index contributed by atoms with van der Waals surface area (Å²) >= 11 is 0. The van der Waals surface area contributed by atoms with Gasteiger partial charge in [-0.05, 0) is 124 Å². The number of aliphatic hydroxyl groups excluding tert-OH is 26. The molecule has 5 aliphatic carbocycles. The van der Waals surface area contributed by atoms with Crippen LogP contribution in [0.5, 0.6) is 0 Å². The van der Waals surface area contributed by atoms with Crippen molar-refractivity contribution in [3.63, 3.8) is 0 Å².